The van der Waals surface area contributed by atoms with Crippen molar-refractivity contribution in [2.24, 2.45) is 11.7 Å². The van der Waals surface area contributed by atoms with Gasteiger partial charge in [0.2, 0.25) is 0 Å². The Labute approximate surface area is 93.4 Å². The van der Waals surface area contributed by atoms with E-state index >= 15 is 0 Å². The molecule has 0 aliphatic heterocycles. The van der Waals surface area contributed by atoms with Gasteiger partial charge in [-0.15, -0.1) is 0 Å². The molecule has 0 aromatic heterocycles. The van der Waals surface area contributed by atoms with Crippen LogP contribution < -0.4 is 10.5 Å². The molecule has 0 radical (unpaired) electrons. The third-order valence-electron chi connectivity index (χ3n) is 3.05. The summed E-state index contributed by atoms with van der Waals surface area (Å²) >= 11 is 0. The molecule has 0 bridgehead atoms. The Morgan fingerprint density at radius 3 is 2.88 bits per heavy atom. The van der Waals surface area contributed by atoms with Gasteiger partial charge in [0.1, 0.15) is 0 Å². The molecule has 5 heteroatoms. The van der Waals surface area contributed by atoms with Crippen molar-refractivity contribution in [2.45, 2.75) is 12.3 Å². The molecule has 0 saturated heterocycles. The van der Waals surface area contributed by atoms with E-state index in [9.17, 15) is 10.1 Å². The third kappa shape index (κ3) is 1.86. The van der Waals surface area contributed by atoms with Gasteiger partial charge in [-0.25, -0.2) is 0 Å². The van der Waals surface area contributed by atoms with E-state index in [0.717, 1.165) is 12.0 Å². The Hall–Kier alpha value is -1.62. The molecule has 0 spiro atoms. The largest absolute Gasteiger partial charge is 0.490 e. The summed E-state index contributed by atoms with van der Waals surface area (Å²) in [4.78, 5) is 10.4. The molecule has 1 aliphatic rings. The maximum absolute atomic E-state index is 10.8. The number of nitro benzene ring substituents is 1. The van der Waals surface area contributed by atoms with Crippen molar-refractivity contribution in [1.29, 1.82) is 0 Å². The molecule has 1 aliphatic carbocycles. The molecule has 2 N–H and O–H groups in total. The number of hydrogen-bond acceptors (Lipinski definition) is 4. The van der Waals surface area contributed by atoms with Crippen LogP contribution in [0.2, 0.25) is 0 Å². The highest BCUT2D eigenvalue weighted by molar-refractivity contribution is 5.50. The van der Waals surface area contributed by atoms with Crippen LogP contribution in [0.25, 0.3) is 0 Å². The Kier molecular flexibility index (Phi) is 2.78. The first-order valence-electron chi connectivity index (χ1n) is 5.19. The van der Waals surface area contributed by atoms with E-state index in [2.05, 4.69) is 0 Å². The van der Waals surface area contributed by atoms with Crippen LogP contribution >= 0.6 is 0 Å². The first-order chi connectivity index (χ1) is 7.67. The summed E-state index contributed by atoms with van der Waals surface area (Å²) in [7, 11) is 1.43. The van der Waals surface area contributed by atoms with E-state index in [0.29, 0.717) is 24.1 Å². The van der Waals surface area contributed by atoms with Gasteiger partial charge >= 0.3 is 5.69 Å². The molecule has 16 heavy (non-hydrogen) atoms. The van der Waals surface area contributed by atoms with E-state index in [4.69, 9.17) is 10.5 Å². The van der Waals surface area contributed by atoms with Gasteiger partial charge in [0.15, 0.2) is 5.75 Å². The van der Waals surface area contributed by atoms with Crippen molar-refractivity contribution in [3.63, 3.8) is 0 Å². The minimum atomic E-state index is -0.415. The summed E-state index contributed by atoms with van der Waals surface area (Å²) in [5, 5.41) is 10.8. The predicted octanol–water partition coefficient (Wildman–Crippen LogP) is 1.67. The fourth-order valence-electron chi connectivity index (χ4n) is 2.00. The molecule has 86 valence electrons. The standard InChI is InChI=1S/C11H14N2O3/c1-16-11-3-2-7(5-10(11)13(14)15)9-4-8(9)6-12/h2-3,5,8-9H,4,6,12H2,1H3. The normalized spacial score (nSPS) is 22.9. The molecule has 1 saturated carbocycles. The van der Waals surface area contributed by atoms with Crippen LogP contribution in [0.1, 0.15) is 17.9 Å². The minimum Gasteiger partial charge on any atom is -0.490 e. The van der Waals surface area contributed by atoms with Crippen LogP contribution in [0, 0.1) is 16.0 Å². The summed E-state index contributed by atoms with van der Waals surface area (Å²) in [6, 6.07) is 5.13. The van der Waals surface area contributed by atoms with E-state index in [-0.39, 0.29) is 5.69 Å². The molecule has 2 rings (SSSR count). The number of nitrogens with zero attached hydrogens (tertiary/aromatic N) is 1. The molecule has 1 fully saturated rings. The number of nitro groups is 1. The second kappa shape index (κ2) is 4.09. The van der Waals surface area contributed by atoms with Crippen LogP contribution in [0.15, 0.2) is 18.2 Å². The lowest BCUT2D eigenvalue weighted by atomic mass is 10.1. The molecular weight excluding hydrogens is 208 g/mol. The van der Waals surface area contributed by atoms with Gasteiger partial charge in [-0.05, 0) is 36.4 Å². The lowest BCUT2D eigenvalue weighted by Crippen LogP contribution is -2.02. The van der Waals surface area contributed by atoms with Crippen molar-refractivity contribution < 1.29 is 9.66 Å². The number of rotatable bonds is 4. The van der Waals surface area contributed by atoms with Gasteiger partial charge in [0.05, 0.1) is 12.0 Å². The highest BCUT2D eigenvalue weighted by Crippen LogP contribution is 2.48. The molecule has 1 aromatic rings. The highest BCUT2D eigenvalue weighted by atomic mass is 16.6. The van der Waals surface area contributed by atoms with Gasteiger partial charge < -0.3 is 10.5 Å². The Morgan fingerprint density at radius 2 is 2.38 bits per heavy atom. The average molecular weight is 222 g/mol. The number of hydrogen-bond donors (Lipinski definition) is 1. The van der Waals surface area contributed by atoms with Crippen molar-refractivity contribution in [3.8, 4) is 5.75 Å². The van der Waals surface area contributed by atoms with Crippen LogP contribution in [-0.4, -0.2) is 18.6 Å². The summed E-state index contributed by atoms with van der Waals surface area (Å²) < 4.78 is 4.95. The van der Waals surface area contributed by atoms with E-state index in [1.165, 1.54) is 7.11 Å². The maximum Gasteiger partial charge on any atom is 0.311 e. The second-order valence-electron chi connectivity index (χ2n) is 4.03. The van der Waals surface area contributed by atoms with E-state index in [1.807, 2.05) is 6.07 Å². The zero-order valence-corrected chi connectivity index (χ0v) is 9.05. The molecular formula is C11H14N2O3. The average Bonchev–Trinajstić information content (AvgIpc) is 3.07. The van der Waals surface area contributed by atoms with Crippen molar-refractivity contribution in [3.05, 3.63) is 33.9 Å². The fraction of sp³-hybridized carbons (Fsp3) is 0.455. The number of ether oxygens (including phenoxy) is 1. The van der Waals surface area contributed by atoms with Crippen LogP contribution in [-0.2, 0) is 0 Å². The highest BCUT2D eigenvalue weighted by Gasteiger charge is 2.37. The van der Waals surface area contributed by atoms with Crippen LogP contribution in [0.5, 0.6) is 5.75 Å². The molecule has 0 amide bonds. The molecule has 2 atom stereocenters. The smallest absolute Gasteiger partial charge is 0.311 e. The SMILES string of the molecule is COc1ccc(C2CC2CN)cc1[N+](=O)[O-]. The summed E-state index contributed by atoms with van der Waals surface area (Å²) in [5.41, 5.74) is 6.58. The molecule has 1 aromatic carbocycles. The number of benzene rings is 1. The zero-order valence-electron chi connectivity index (χ0n) is 9.05. The van der Waals surface area contributed by atoms with Gasteiger partial charge in [-0.3, -0.25) is 10.1 Å². The lowest BCUT2D eigenvalue weighted by molar-refractivity contribution is -0.385. The van der Waals surface area contributed by atoms with Crippen LogP contribution in [0.3, 0.4) is 0 Å². The summed E-state index contributed by atoms with van der Waals surface area (Å²) in [6.45, 7) is 0.643. The van der Waals surface area contributed by atoms with Gasteiger partial charge in [0.25, 0.3) is 0 Å². The predicted molar refractivity (Wildman–Crippen MR) is 59.6 cm³/mol. The topological polar surface area (TPSA) is 78.4 Å². The van der Waals surface area contributed by atoms with Crippen molar-refractivity contribution in [1.82, 2.24) is 0 Å². The summed E-state index contributed by atoms with van der Waals surface area (Å²) in [6.07, 6.45) is 1.03. The first kappa shape index (κ1) is 10.9. The Morgan fingerprint density at radius 1 is 1.62 bits per heavy atom. The zero-order chi connectivity index (χ0) is 11.7. The van der Waals surface area contributed by atoms with Crippen molar-refractivity contribution in [2.75, 3.05) is 13.7 Å². The first-order valence-corrected chi connectivity index (χ1v) is 5.19. The summed E-state index contributed by atoms with van der Waals surface area (Å²) in [5.74, 6) is 1.17. The van der Waals surface area contributed by atoms with Gasteiger partial charge in [0, 0.05) is 6.07 Å². The lowest BCUT2D eigenvalue weighted by Gasteiger charge is -2.04. The van der Waals surface area contributed by atoms with Gasteiger partial charge in [-0.1, -0.05) is 6.07 Å². The third-order valence-corrected chi connectivity index (χ3v) is 3.05. The quantitative estimate of drug-likeness (QED) is 0.620. The number of nitrogens with two attached hydrogens (primary N) is 1. The molecule has 2 unspecified atom stereocenters. The fourth-order valence-corrected chi connectivity index (χ4v) is 2.00. The Balaban J connectivity index is 2.29. The van der Waals surface area contributed by atoms with Crippen molar-refractivity contribution >= 4 is 5.69 Å². The number of methoxy groups -OCH3 is 1. The Bertz CT molecular complexity index is 420. The van der Waals surface area contributed by atoms with Crippen LogP contribution in [0.4, 0.5) is 5.69 Å². The van der Waals surface area contributed by atoms with E-state index < -0.39 is 4.92 Å². The maximum atomic E-state index is 10.8. The monoisotopic (exact) mass is 222 g/mol. The molecule has 5 nitrogen and oxygen atoms in total. The minimum absolute atomic E-state index is 0.0303. The second-order valence-corrected chi connectivity index (χ2v) is 4.03. The molecule has 0 heterocycles. The van der Waals surface area contributed by atoms with E-state index in [1.54, 1.807) is 12.1 Å². The van der Waals surface area contributed by atoms with Gasteiger partial charge in [-0.2, -0.15) is 0 Å².